The Kier molecular flexibility index (Phi) is 15.0. The van der Waals surface area contributed by atoms with Crippen molar-refractivity contribution in [3.8, 4) is 6.07 Å². The fourth-order valence-corrected chi connectivity index (χ4v) is 5.04. The van der Waals surface area contributed by atoms with Crippen LogP contribution in [0.25, 0.3) is 0 Å². The summed E-state index contributed by atoms with van der Waals surface area (Å²) in [5, 5.41) is 9.20. The van der Waals surface area contributed by atoms with Crippen LogP contribution >= 0.6 is 0 Å². The Balaban J connectivity index is 2.72. The summed E-state index contributed by atoms with van der Waals surface area (Å²) in [6, 6.07) is 1.95. The van der Waals surface area contributed by atoms with Gasteiger partial charge in [0.1, 0.15) is 31.5 Å². The Morgan fingerprint density at radius 1 is 0.511 bits per heavy atom. The van der Waals surface area contributed by atoms with E-state index in [1.54, 1.807) is 0 Å². The molecule has 0 N–H and O–H groups in total. The number of hydrogen-bond acceptors (Lipinski definition) is 18. The van der Waals surface area contributed by atoms with Crippen LogP contribution in [-0.2, 0) is 80.9 Å². The molecule has 0 aromatic carbocycles. The molecule has 47 heavy (non-hydrogen) atoms. The van der Waals surface area contributed by atoms with Crippen molar-refractivity contribution in [1.29, 1.82) is 5.26 Å². The first kappa shape index (κ1) is 38.8. The van der Waals surface area contributed by atoms with Gasteiger partial charge in [0.05, 0.1) is 12.2 Å². The molecule has 0 radical (unpaired) electrons. The molecule has 2 aliphatic heterocycles. The molecule has 262 valence electrons. The molecule has 0 aliphatic carbocycles. The minimum atomic E-state index is -1.77. The van der Waals surface area contributed by atoms with Crippen molar-refractivity contribution >= 4 is 41.8 Å². The van der Waals surface area contributed by atoms with Gasteiger partial charge in [0.2, 0.25) is 0 Å². The molecule has 18 nitrogen and oxygen atoms in total. The van der Waals surface area contributed by atoms with Gasteiger partial charge in [-0.25, -0.2) is 0 Å². The van der Waals surface area contributed by atoms with Gasteiger partial charge in [0.15, 0.2) is 36.8 Å². The van der Waals surface area contributed by atoms with E-state index in [1.807, 2.05) is 6.07 Å². The summed E-state index contributed by atoms with van der Waals surface area (Å²) in [7, 11) is 0. The Hall–Kier alpha value is -4.34. The number of ether oxygens (including phenoxy) is 10. The van der Waals surface area contributed by atoms with Crippen LogP contribution in [0.4, 0.5) is 0 Å². The van der Waals surface area contributed by atoms with Crippen molar-refractivity contribution < 1.29 is 80.9 Å². The first-order valence-electron chi connectivity index (χ1n) is 14.5. The maximum absolute atomic E-state index is 12.4. The summed E-state index contributed by atoms with van der Waals surface area (Å²) in [4.78, 5) is 84.6. The quantitative estimate of drug-likeness (QED) is 0.184. The van der Waals surface area contributed by atoms with Crippen molar-refractivity contribution in [2.45, 2.75) is 123 Å². The number of rotatable bonds is 13. The first-order chi connectivity index (χ1) is 22.0. The topological polar surface area (TPSA) is 236 Å². The summed E-state index contributed by atoms with van der Waals surface area (Å²) in [6.07, 6.45) is -14.7. The highest BCUT2D eigenvalue weighted by atomic mass is 16.8. The van der Waals surface area contributed by atoms with Crippen molar-refractivity contribution in [1.82, 2.24) is 0 Å². The standard InChI is InChI=1S/C29H39NO17/c1-13(31)38-11-21-25(26(42-17(5)35)23(40-15(3)33)20(45-21)9-8-10-30)47-29-28(44-19(7)37)27(43-18(6)36)24(41-16(4)34)22(46-29)12-39-14(2)32/h20-29H,8-9,11-12H2,1-7H3/t20-,21-,22-,23+,24-,25-,26-,27+,28-,29+/m1/s1. The number of carbonyl (C=O) groups excluding carboxylic acids is 7. The highest BCUT2D eigenvalue weighted by Gasteiger charge is 2.57. The fraction of sp³-hybridized carbons (Fsp3) is 0.724. The molecule has 0 saturated carbocycles. The van der Waals surface area contributed by atoms with Crippen LogP contribution in [0.5, 0.6) is 0 Å². The number of nitrogens with zero attached hydrogens (tertiary/aromatic N) is 1. The average molecular weight is 674 g/mol. The predicted octanol–water partition coefficient (Wildman–Crippen LogP) is -0.0476. The van der Waals surface area contributed by atoms with Crippen LogP contribution in [0.15, 0.2) is 0 Å². The lowest BCUT2D eigenvalue weighted by atomic mass is 9.91. The highest BCUT2D eigenvalue weighted by Crippen LogP contribution is 2.36. The van der Waals surface area contributed by atoms with Crippen molar-refractivity contribution in [2.24, 2.45) is 0 Å². The van der Waals surface area contributed by atoms with Crippen LogP contribution < -0.4 is 0 Å². The Labute approximate surface area is 270 Å². The second-order valence-electron chi connectivity index (χ2n) is 10.5. The molecule has 0 aromatic heterocycles. The Morgan fingerprint density at radius 2 is 0.894 bits per heavy atom. The van der Waals surface area contributed by atoms with Crippen LogP contribution in [0.2, 0.25) is 0 Å². The van der Waals surface area contributed by atoms with Gasteiger partial charge in [-0.15, -0.1) is 0 Å². The first-order valence-corrected chi connectivity index (χ1v) is 14.5. The predicted molar refractivity (Wildman–Crippen MR) is 148 cm³/mol. The molecule has 0 bridgehead atoms. The van der Waals surface area contributed by atoms with E-state index < -0.39 is 116 Å². The SMILES string of the molecule is CC(=O)OC[C@H]1O[C@H](CCC#N)[C@H](OC(C)=O)[C@@H](OC(C)=O)[C@@H]1O[C@@H]1O[C@H](COC(C)=O)[C@@H](OC(C)=O)[C@H](OC(C)=O)[C@H]1OC(C)=O. The summed E-state index contributed by atoms with van der Waals surface area (Å²) in [5.74, 6) is -5.78. The lowest BCUT2D eigenvalue weighted by molar-refractivity contribution is -0.345. The van der Waals surface area contributed by atoms with Gasteiger partial charge in [-0.1, -0.05) is 0 Å². The smallest absolute Gasteiger partial charge is 0.303 e. The van der Waals surface area contributed by atoms with Gasteiger partial charge >= 0.3 is 41.8 Å². The normalized spacial score (nSPS) is 30.0. The van der Waals surface area contributed by atoms with Gasteiger partial charge in [-0.05, 0) is 6.42 Å². The lowest BCUT2D eigenvalue weighted by Gasteiger charge is -2.49. The lowest BCUT2D eigenvalue weighted by Crippen LogP contribution is -2.67. The van der Waals surface area contributed by atoms with E-state index in [9.17, 15) is 38.8 Å². The van der Waals surface area contributed by atoms with Gasteiger partial charge in [0.25, 0.3) is 0 Å². The summed E-state index contributed by atoms with van der Waals surface area (Å²) < 4.78 is 55.9. The number of esters is 7. The van der Waals surface area contributed by atoms with E-state index in [2.05, 4.69) is 0 Å². The zero-order valence-electron chi connectivity index (χ0n) is 27.0. The molecule has 2 saturated heterocycles. The van der Waals surface area contributed by atoms with E-state index in [-0.39, 0.29) is 12.8 Å². The third kappa shape index (κ3) is 12.1. The number of nitriles is 1. The van der Waals surface area contributed by atoms with Gasteiger partial charge in [-0.2, -0.15) is 5.26 Å². The molecule has 2 aliphatic rings. The van der Waals surface area contributed by atoms with Crippen LogP contribution in [0.3, 0.4) is 0 Å². The minimum Gasteiger partial charge on any atom is -0.463 e. The molecule has 10 atom stereocenters. The molecular formula is C29H39NO17. The van der Waals surface area contributed by atoms with E-state index in [1.165, 1.54) is 0 Å². The molecule has 0 spiro atoms. The molecule has 2 heterocycles. The van der Waals surface area contributed by atoms with Crippen molar-refractivity contribution in [3.63, 3.8) is 0 Å². The van der Waals surface area contributed by atoms with Gasteiger partial charge in [0, 0.05) is 54.9 Å². The monoisotopic (exact) mass is 673 g/mol. The second-order valence-corrected chi connectivity index (χ2v) is 10.5. The summed E-state index contributed by atoms with van der Waals surface area (Å²) >= 11 is 0. The zero-order chi connectivity index (χ0) is 35.4. The van der Waals surface area contributed by atoms with Gasteiger partial charge in [-0.3, -0.25) is 33.6 Å². The van der Waals surface area contributed by atoms with Crippen LogP contribution in [0.1, 0.15) is 61.3 Å². The van der Waals surface area contributed by atoms with E-state index in [0.717, 1.165) is 48.5 Å². The van der Waals surface area contributed by atoms with Gasteiger partial charge < -0.3 is 47.4 Å². The van der Waals surface area contributed by atoms with Crippen LogP contribution in [0, 0.1) is 11.3 Å². The molecule has 2 fully saturated rings. The zero-order valence-corrected chi connectivity index (χ0v) is 27.0. The third-order valence-corrected chi connectivity index (χ3v) is 6.57. The fourth-order valence-electron chi connectivity index (χ4n) is 5.04. The molecular weight excluding hydrogens is 634 g/mol. The minimum absolute atomic E-state index is 0.00540. The number of hydrogen-bond donors (Lipinski definition) is 0. The van der Waals surface area contributed by atoms with E-state index in [0.29, 0.717) is 0 Å². The van der Waals surface area contributed by atoms with Crippen molar-refractivity contribution in [3.05, 3.63) is 0 Å². The number of carbonyl (C=O) groups is 7. The third-order valence-electron chi connectivity index (χ3n) is 6.57. The molecule has 0 aromatic rings. The van der Waals surface area contributed by atoms with Crippen LogP contribution in [-0.4, -0.2) is 116 Å². The molecule has 0 amide bonds. The Bertz CT molecular complexity index is 1210. The second kappa shape index (κ2) is 18.1. The summed E-state index contributed by atoms with van der Waals surface area (Å²) in [6.45, 7) is 6.43. The molecule has 18 heteroatoms. The Morgan fingerprint density at radius 3 is 1.32 bits per heavy atom. The van der Waals surface area contributed by atoms with E-state index >= 15 is 0 Å². The maximum atomic E-state index is 12.4. The largest absolute Gasteiger partial charge is 0.463 e. The maximum Gasteiger partial charge on any atom is 0.303 e. The summed E-state index contributed by atoms with van der Waals surface area (Å²) in [5.41, 5.74) is 0. The van der Waals surface area contributed by atoms with E-state index in [4.69, 9.17) is 47.4 Å². The molecule has 0 unspecified atom stereocenters. The molecule has 2 rings (SSSR count). The van der Waals surface area contributed by atoms with Crippen molar-refractivity contribution in [2.75, 3.05) is 13.2 Å². The highest BCUT2D eigenvalue weighted by molar-refractivity contribution is 5.69. The average Bonchev–Trinajstić information content (AvgIpc) is 2.94.